The van der Waals surface area contributed by atoms with E-state index in [4.69, 9.17) is 9.84 Å². The van der Waals surface area contributed by atoms with Gasteiger partial charge in [-0.3, -0.25) is 10.2 Å². The molecule has 0 bridgehead atoms. The van der Waals surface area contributed by atoms with Gasteiger partial charge in [-0.25, -0.2) is 4.79 Å². The monoisotopic (exact) mass is 531 g/mol. The largest absolute Gasteiger partial charge is 0.480 e. The third-order valence-corrected chi connectivity index (χ3v) is 11.1. The summed E-state index contributed by atoms with van der Waals surface area (Å²) < 4.78 is 5.65. The zero-order chi connectivity index (χ0) is 27.4. The Labute approximate surface area is 230 Å². The van der Waals surface area contributed by atoms with Crippen LogP contribution >= 0.6 is 0 Å². The zero-order valence-electron chi connectivity index (χ0n) is 24.2. The lowest BCUT2D eigenvalue weighted by atomic mass is 9.73. The Morgan fingerprint density at radius 1 is 1.08 bits per heavy atom. The van der Waals surface area contributed by atoms with Crippen LogP contribution in [0.4, 0.5) is 0 Å². The molecule has 4 aliphatic rings. The van der Waals surface area contributed by atoms with Gasteiger partial charge < -0.3 is 14.9 Å². The Kier molecular flexibility index (Phi) is 10.5. The highest BCUT2D eigenvalue weighted by Crippen LogP contribution is 2.47. The molecule has 1 heterocycles. The summed E-state index contributed by atoms with van der Waals surface area (Å²) in [6.45, 7) is 11.0. The standard InChI is InChI=1S/C31H53N3O4/c1-19(2)23-7-5-6-22(12-23)16-33-31(37)24-9-11-29-28(14-24)20(3)21(4)34(29)17-26-13-27(38-18-30(35)36)10-8-25(26)15-32/h19-29,31,33,37H,5-14,16-18H2,1-4H3,(H,35,36). The number of rotatable bonds is 10. The van der Waals surface area contributed by atoms with Crippen LogP contribution in [0.3, 0.4) is 0 Å². The highest BCUT2D eigenvalue weighted by Gasteiger charge is 2.49. The molecule has 1 aliphatic heterocycles. The van der Waals surface area contributed by atoms with Gasteiger partial charge in [0.15, 0.2) is 0 Å². The predicted molar refractivity (Wildman–Crippen MR) is 148 cm³/mol. The number of ether oxygens (including phenoxy) is 1. The molecule has 4 rings (SSSR count). The van der Waals surface area contributed by atoms with Gasteiger partial charge in [-0.2, -0.15) is 5.26 Å². The molecule has 3 N–H and O–H groups in total. The molecule has 3 aliphatic carbocycles. The minimum atomic E-state index is -0.930. The van der Waals surface area contributed by atoms with E-state index < -0.39 is 12.2 Å². The third kappa shape index (κ3) is 7.11. The number of fused-ring (bicyclic) bond motifs is 1. The van der Waals surface area contributed by atoms with Gasteiger partial charge in [0.1, 0.15) is 12.8 Å². The molecule has 0 radical (unpaired) electrons. The second kappa shape index (κ2) is 13.4. The Morgan fingerprint density at radius 2 is 1.87 bits per heavy atom. The lowest BCUT2D eigenvalue weighted by Gasteiger charge is -2.41. The van der Waals surface area contributed by atoms with Crippen LogP contribution in [0.15, 0.2) is 0 Å². The van der Waals surface area contributed by atoms with E-state index in [1.165, 1.54) is 25.7 Å². The molecule has 3 saturated carbocycles. The number of carbonyl (C=O) groups is 1. The number of carboxylic acids is 1. The summed E-state index contributed by atoms with van der Waals surface area (Å²) in [7, 11) is 0. The number of carboxylic acid groups (broad SMARTS) is 1. The van der Waals surface area contributed by atoms with Crippen molar-refractivity contribution in [3.8, 4) is 6.07 Å². The van der Waals surface area contributed by atoms with Crippen LogP contribution in [0.25, 0.3) is 0 Å². The summed E-state index contributed by atoms with van der Waals surface area (Å²) in [5.41, 5.74) is 0. The van der Waals surface area contributed by atoms with Gasteiger partial charge in [0, 0.05) is 25.2 Å². The molecule has 11 atom stereocenters. The van der Waals surface area contributed by atoms with E-state index in [-0.39, 0.29) is 24.5 Å². The SMILES string of the molecule is CC(C)C1CCCC(CNC(O)C2CCC3C(C2)C(C)C(C)N3CC2CC(OCC(=O)O)CCC2C#N)C1. The molecule has 0 aromatic carbocycles. The first kappa shape index (κ1) is 29.8. The van der Waals surface area contributed by atoms with Crippen LogP contribution in [0.2, 0.25) is 0 Å². The summed E-state index contributed by atoms with van der Waals surface area (Å²) in [5.74, 6) is 3.02. The number of hydrogen-bond donors (Lipinski definition) is 3. The van der Waals surface area contributed by atoms with E-state index in [0.29, 0.717) is 35.8 Å². The molecule has 0 spiro atoms. The van der Waals surface area contributed by atoms with Crippen LogP contribution in [-0.4, -0.2) is 65.2 Å². The van der Waals surface area contributed by atoms with Crippen LogP contribution in [0.5, 0.6) is 0 Å². The maximum absolute atomic E-state index is 11.1. The Hall–Kier alpha value is -1.20. The number of aliphatic carboxylic acids is 1. The van der Waals surface area contributed by atoms with E-state index in [0.717, 1.165) is 63.5 Å². The number of likely N-dealkylation sites (tertiary alicyclic amines) is 1. The smallest absolute Gasteiger partial charge is 0.329 e. The second-order valence-corrected chi connectivity index (χ2v) is 13.6. The highest BCUT2D eigenvalue weighted by molar-refractivity contribution is 5.68. The Balaban J connectivity index is 1.30. The van der Waals surface area contributed by atoms with E-state index in [1.807, 2.05) is 0 Å². The van der Waals surface area contributed by atoms with Gasteiger partial charge in [-0.15, -0.1) is 0 Å². The number of nitriles is 1. The Morgan fingerprint density at radius 3 is 2.58 bits per heavy atom. The molecule has 0 amide bonds. The van der Waals surface area contributed by atoms with Gasteiger partial charge in [0.05, 0.1) is 18.1 Å². The van der Waals surface area contributed by atoms with Crippen LogP contribution < -0.4 is 5.32 Å². The first-order valence-electron chi connectivity index (χ1n) is 15.6. The van der Waals surface area contributed by atoms with Gasteiger partial charge in [-0.05, 0) is 99.7 Å². The fraction of sp³-hybridized carbons (Fsp3) is 0.935. The molecule has 0 aromatic heterocycles. The number of aliphatic hydroxyl groups is 1. The molecular formula is C31H53N3O4. The lowest BCUT2D eigenvalue weighted by Crippen LogP contribution is -2.47. The molecule has 4 fully saturated rings. The summed E-state index contributed by atoms with van der Waals surface area (Å²) in [6, 6.07) is 3.50. The van der Waals surface area contributed by atoms with Crippen LogP contribution in [-0.2, 0) is 9.53 Å². The first-order chi connectivity index (χ1) is 18.2. The number of nitrogens with zero attached hydrogens (tertiary/aromatic N) is 2. The Bertz CT molecular complexity index is 815. The number of nitrogens with one attached hydrogen (secondary N) is 1. The molecular weight excluding hydrogens is 478 g/mol. The van der Waals surface area contributed by atoms with Crippen LogP contribution in [0, 0.1) is 58.7 Å². The van der Waals surface area contributed by atoms with Crippen molar-refractivity contribution in [2.45, 2.75) is 116 Å². The van der Waals surface area contributed by atoms with E-state index in [9.17, 15) is 15.2 Å². The number of aliphatic hydroxyl groups excluding tert-OH is 1. The predicted octanol–water partition coefficient (Wildman–Crippen LogP) is 4.89. The van der Waals surface area contributed by atoms with Gasteiger partial charge in [0.25, 0.3) is 0 Å². The normalized spacial score (nSPS) is 41.0. The van der Waals surface area contributed by atoms with Crippen molar-refractivity contribution in [1.82, 2.24) is 10.2 Å². The van der Waals surface area contributed by atoms with Crippen molar-refractivity contribution in [2.75, 3.05) is 19.7 Å². The molecule has 1 saturated heterocycles. The van der Waals surface area contributed by atoms with Gasteiger partial charge in [-0.1, -0.05) is 33.6 Å². The quantitative estimate of drug-likeness (QED) is 0.345. The van der Waals surface area contributed by atoms with Gasteiger partial charge in [0.2, 0.25) is 0 Å². The van der Waals surface area contributed by atoms with Crippen LogP contribution in [0.1, 0.15) is 91.9 Å². The minimum absolute atomic E-state index is 0.0127. The maximum atomic E-state index is 11.1. The molecule has 216 valence electrons. The van der Waals surface area contributed by atoms with Crippen molar-refractivity contribution in [3.05, 3.63) is 0 Å². The third-order valence-electron chi connectivity index (χ3n) is 11.1. The van der Waals surface area contributed by atoms with Gasteiger partial charge >= 0.3 is 5.97 Å². The van der Waals surface area contributed by atoms with E-state index in [2.05, 4.69) is 44.0 Å². The lowest BCUT2D eigenvalue weighted by molar-refractivity contribution is -0.145. The summed E-state index contributed by atoms with van der Waals surface area (Å²) in [6.07, 6.45) is 10.3. The topological polar surface area (TPSA) is 106 Å². The van der Waals surface area contributed by atoms with Crippen molar-refractivity contribution >= 4 is 5.97 Å². The maximum Gasteiger partial charge on any atom is 0.329 e. The van der Waals surface area contributed by atoms with E-state index >= 15 is 0 Å². The first-order valence-corrected chi connectivity index (χ1v) is 15.6. The summed E-state index contributed by atoms with van der Waals surface area (Å²) in [5, 5.41) is 33.5. The second-order valence-electron chi connectivity index (χ2n) is 13.6. The van der Waals surface area contributed by atoms with E-state index in [1.54, 1.807) is 0 Å². The average Bonchev–Trinajstić information content (AvgIpc) is 3.15. The highest BCUT2D eigenvalue weighted by atomic mass is 16.5. The molecule has 0 aromatic rings. The zero-order valence-corrected chi connectivity index (χ0v) is 24.2. The summed E-state index contributed by atoms with van der Waals surface area (Å²) in [4.78, 5) is 13.6. The fourth-order valence-corrected chi connectivity index (χ4v) is 8.53. The minimum Gasteiger partial charge on any atom is -0.480 e. The van der Waals surface area contributed by atoms with Crippen molar-refractivity contribution in [3.63, 3.8) is 0 Å². The summed E-state index contributed by atoms with van der Waals surface area (Å²) >= 11 is 0. The number of hydrogen-bond acceptors (Lipinski definition) is 6. The van der Waals surface area contributed by atoms with Crippen molar-refractivity contribution in [1.29, 1.82) is 5.26 Å². The van der Waals surface area contributed by atoms with Crippen molar-refractivity contribution in [2.24, 2.45) is 47.3 Å². The average molecular weight is 532 g/mol. The molecule has 38 heavy (non-hydrogen) atoms. The molecule has 7 nitrogen and oxygen atoms in total. The van der Waals surface area contributed by atoms with Crippen molar-refractivity contribution < 1.29 is 19.7 Å². The molecule has 11 unspecified atom stereocenters. The molecule has 7 heteroatoms. The fourth-order valence-electron chi connectivity index (χ4n) is 8.53.